The monoisotopic (exact) mass is 246 g/mol. The van der Waals surface area contributed by atoms with Crippen molar-refractivity contribution in [3.05, 3.63) is 40.6 Å². The number of hydrogen-bond donors (Lipinski definition) is 2. The summed E-state index contributed by atoms with van der Waals surface area (Å²) in [6.07, 6.45) is 1.14. The summed E-state index contributed by atoms with van der Waals surface area (Å²) in [6, 6.07) is 4.69. The number of oxazole rings is 1. The molecule has 0 unspecified atom stereocenters. The van der Waals surface area contributed by atoms with E-state index in [-0.39, 0.29) is 5.69 Å². The van der Waals surface area contributed by atoms with Crippen molar-refractivity contribution in [1.29, 1.82) is 0 Å². The summed E-state index contributed by atoms with van der Waals surface area (Å²) in [7, 11) is 0. The number of aromatic carboxylic acids is 1. The van der Waals surface area contributed by atoms with Gasteiger partial charge < -0.3 is 9.52 Å². The maximum atomic E-state index is 11.0. The molecule has 2 N–H and O–H groups in total. The second-order valence-electron chi connectivity index (χ2n) is 3.53. The van der Waals surface area contributed by atoms with Crippen LogP contribution in [0.15, 0.2) is 33.6 Å². The van der Waals surface area contributed by atoms with Crippen LogP contribution in [0.3, 0.4) is 0 Å². The third-order valence-corrected chi connectivity index (χ3v) is 2.42. The molecule has 0 spiro atoms. The molecule has 2 heterocycles. The molecule has 0 radical (unpaired) electrons. The van der Waals surface area contributed by atoms with Crippen LogP contribution in [0.5, 0.6) is 0 Å². The Morgan fingerprint density at radius 2 is 2.28 bits per heavy atom. The van der Waals surface area contributed by atoms with Gasteiger partial charge in [0.25, 0.3) is 0 Å². The maximum Gasteiger partial charge on any atom is 0.417 e. The number of aromatic nitrogens is 4. The predicted octanol–water partition coefficient (Wildman–Crippen LogP) is 0.400. The zero-order valence-electron chi connectivity index (χ0n) is 8.82. The van der Waals surface area contributed by atoms with Crippen molar-refractivity contribution in [3.63, 3.8) is 0 Å². The summed E-state index contributed by atoms with van der Waals surface area (Å²) in [6.45, 7) is 0. The maximum absolute atomic E-state index is 11.0. The van der Waals surface area contributed by atoms with Gasteiger partial charge in [-0.1, -0.05) is 5.21 Å². The van der Waals surface area contributed by atoms with E-state index in [0.29, 0.717) is 16.8 Å². The van der Waals surface area contributed by atoms with Gasteiger partial charge in [-0.15, -0.1) is 5.10 Å². The molecular weight excluding hydrogens is 240 g/mol. The third kappa shape index (κ3) is 1.47. The minimum absolute atomic E-state index is 0.0693. The number of nitrogens with one attached hydrogen (secondary N) is 1. The highest BCUT2D eigenvalue weighted by atomic mass is 16.4. The van der Waals surface area contributed by atoms with Gasteiger partial charge in [0.05, 0.1) is 17.4 Å². The van der Waals surface area contributed by atoms with Crippen molar-refractivity contribution in [3.8, 4) is 5.69 Å². The van der Waals surface area contributed by atoms with Gasteiger partial charge >= 0.3 is 11.7 Å². The summed E-state index contributed by atoms with van der Waals surface area (Å²) in [5, 5.41) is 16.2. The van der Waals surface area contributed by atoms with E-state index in [1.807, 2.05) is 0 Å². The second-order valence-corrected chi connectivity index (χ2v) is 3.53. The van der Waals surface area contributed by atoms with Crippen molar-refractivity contribution >= 4 is 17.1 Å². The molecule has 0 saturated carbocycles. The SMILES string of the molecule is O=C(O)c1cnnn1-c1ccc2oc(=O)[nH]c2c1. The van der Waals surface area contributed by atoms with Crippen molar-refractivity contribution in [2.45, 2.75) is 0 Å². The smallest absolute Gasteiger partial charge is 0.417 e. The van der Waals surface area contributed by atoms with Crippen molar-refractivity contribution in [2.24, 2.45) is 0 Å². The van der Waals surface area contributed by atoms with Crippen molar-refractivity contribution < 1.29 is 14.3 Å². The molecule has 1 aromatic carbocycles. The number of H-pyrrole nitrogens is 1. The Bertz CT molecular complexity index is 797. The first-order chi connectivity index (χ1) is 8.65. The Balaban J connectivity index is 2.21. The first-order valence-corrected chi connectivity index (χ1v) is 4.92. The molecule has 0 bridgehead atoms. The summed E-state index contributed by atoms with van der Waals surface area (Å²) < 4.78 is 6.01. The Hall–Kier alpha value is -2.90. The Morgan fingerprint density at radius 3 is 3.06 bits per heavy atom. The van der Waals surface area contributed by atoms with Crippen LogP contribution in [-0.2, 0) is 0 Å². The molecule has 8 heteroatoms. The van der Waals surface area contributed by atoms with Crippen LogP contribution in [0, 0.1) is 0 Å². The van der Waals surface area contributed by atoms with Crippen LogP contribution >= 0.6 is 0 Å². The molecule has 3 aromatic rings. The van der Waals surface area contributed by atoms with E-state index in [9.17, 15) is 9.59 Å². The lowest BCUT2D eigenvalue weighted by Crippen LogP contribution is -2.07. The van der Waals surface area contributed by atoms with Gasteiger partial charge in [-0.25, -0.2) is 14.3 Å². The zero-order chi connectivity index (χ0) is 12.7. The Labute approximate surface area is 98.5 Å². The quantitative estimate of drug-likeness (QED) is 0.676. The lowest BCUT2D eigenvalue weighted by Gasteiger charge is -2.02. The van der Waals surface area contributed by atoms with Gasteiger partial charge in [-0.05, 0) is 18.2 Å². The number of carbonyl (C=O) groups is 1. The molecule has 2 aromatic heterocycles. The molecule has 18 heavy (non-hydrogen) atoms. The van der Waals surface area contributed by atoms with E-state index in [1.165, 1.54) is 0 Å². The van der Waals surface area contributed by atoms with Crippen LogP contribution in [0.4, 0.5) is 0 Å². The average Bonchev–Trinajstić information content (AvgIpc) is 2.91. The number of carboxylic acids is 1. The lowest BCUT2D eigenvalue weighted by molar-refractivity contribution is 0.0687. The average molecular weight is 246 g/mol. The van der Waals surface area contributed by atoms with E-state index in [0.717, 1.165) is 10.9 Å². The predicted molar refractivity (Wildman–Crippen MR) is 58.7 cm³/mol. The minimum Gasteiger partial charge on any atom is -0.476 e. The number of fused-ring (bicyclic) bond motifs is 1. The van der Waals surface area contributed by atoms with Crippen LogP contribution in [0.1, 0.15) is 10.5 Å². The third-order valence-electron chi connectivity index (χ3n) is 2.42. The molecule has 0 aliphatic carbocycles. The molecule has 0 aliphatic rings. The number of nitrogens with zero attached hydrogens (tertiary/aromatic N) is 3. The largest absolute Gasteiger partial charge is 0.476 e. The first-order valence-electron chi connectivity index (χ1n) is 4.92. The van der Waals surface area contributed by atoms with E-state index in [4.69, 9.17) is 9.52 Å². The molecule has 0 fully saturated rings. The molecule has 0 aliphatic heterocycles. The van der Waals surface area contributed by atoms with Gasteiger partial charge in [-0.3, -0.25) is 4.98 Å². The highest BCUT2D eigenvalue weighted by Gasteiger charge is 2.13. The van der Waals surface area contributed by atoms with Gasteiger partial charge in [0.1, 0.15) is 0 Å². The van der Waals surface area contributed by atoms with Gasteiger partial charge in [0.2, 0.25) is 0 Å². The summed E-state index contributed by atoms with van der Waals surface area (Å²) >= 11 is 0. The fraction of sp³-hybridized carbons (Fsp3) is 0. The van der Waals surface area contributed by atoms with Gasteiger partial charge in [0, 0.05) is 0 Å². The molecule has 90 valence electrons. The van der Waals surface area contributed by atoms with Crippen molar-refractivity contribution in [1.82, 2.24) is 20.0 Å². The molecular formula is C10H6N4O4. The Kier molecular flexibility index (Phi) is 2.03. The summed E-state index contributed by atoms with van der Waals surface area (Å²) in [5.41, 5.74) is 1.25. The standard InChI is InChI=1S/C10H6N4O4/c15-9(16)7-4-11-13-14(7)5-1-2-8-6(3-5)12-10(17)18-8/h1-4H,(H,12,17)(H,15,16). The molecule has 3 rings (SSSR count). The molecule has 0 saturated heterocycles. The van der Waals surface area contributed by atoms with Crippen LogP contribution < -0.4 is 5.76 Å². The second kappa shape index (κ2) is 3.55. The van der Waals surface area contributed by atoms with Gasteiger partial charge in [-0.2, -0.15) is 0 Å². The van der Waals surface area contributed by atoms with E-state index < -0.39 is 11.7 Å². The number of benzene rings is 1. The molecule has 0 atom stereocenters. The fourth-order valence-corrected chi connectivity index (χ4v) is 1.64. The summed E-state index contributed by atoms with van der Waals surface area (Å²) in [5.74, 6) is -1.71. The number of aromatic amines is 1. The minimum atomic E-state index is -1.14. The van der Waals surface area contributed by atoms with Crippen LogP contribution in [0.2, 0.25) is 0 Å². The molecule has 0 amide bonds. The number of rotatable bonds is 2. The first kappa shape index (κ1) is 10.3. The summed E-state index contributed by atoms with van der Waals surface area (Å²) in [4.78, 5) is 24.4. The zero-order valence-corrected chi connectivity index (χ0v) is 8.82. The van der Waals surface area contributed by atoms with Crippen LogP contribution in [-0.4, -0.2) is 31.1 Å². The Morgan fingerprint density at radius 1 is 1.44 bits per heavy atom. The van der Waals surface area contributed by atoms with E-state index in [1.54, 1.807) is 18.2 Å². The number of carboxylic acid groups (broad SMARTS) is 1. The van der Waals surface area contributed by atoms with Gasteiger partial charge in [0.15, 0.2) is 11.3 Å². The highest BCUT2D eigenvalue weighted by molar-refractivity contribution is 5.86. The van der Waals surface area contributed by atoms with Crippen LogP contribution in [0.25, 0.3) is 16.8 Å². The topological polar surface area (TPSA) is 114 Å². The normalized spacial score (nSPS) is 10.9. The lowest BCUT2D eigenvalue weighted by atomic mass is 10.3. The highest BCUT2D eigenvalue weighted by Crippen LogP contribution is 2.16. The molecule has 8 nitrogen and oxygen atoms in total. The van der Waals surface area contributed by atoms with E-state index >= 15 is 0 Å². The fourth-order valence-electron chi connectivity index (χ4n) is 1.64. The number of hydrogen-bond acceptors (Lipinski definition) is 5. The van der Waals surface area contributed by atoms with Crippen molar-refractivity contribution in [2.75, 3.05) is 0 Å². The van der Waals surface area contributed by atoms with E-state index in [2.05, 4.69) is 15.3 Å².